The highest BCUT2D eigenvalue weighted by atomic mass is 32.2. The van der Waals surface area contributed by atoms with Gasteiger partial charge in [0.2, 0.25) is 0 Å². The summed E-state index contributed by atoms with van der Waals surface area (Å²) in [5.74, 6) is 1.66. The molecule has 1 saturated carbocycles. The molecule has 4 aromatic rings. The molecule has 5 nitrogen and oxygen atoms in total. The van der Waals surface area contributed by atoms with Gasteiger partial charge in [-0.25, -0.2) is 9.67 Å². The highest BCUT2D eigenvalue weighted by molar-refractivity contribution is 7.98. The van der Waals surface area contributed by atoms with Gasteiger partial charge in [0.15, 0.2) is 0 Å². The molecule has 1 fully saturated rings. The first-order valence-electron chi connectivity index (χ1n) is 9.88. The van der Waals surface area contributed by atoms with Crippen LogP contribution in [0.25, 0.3) is 5.65 Å². The molecule has 5 rings (SSSR count). The number of thioether (sulfide) groups is 1. The van der Waals surface area contributed by atoms with E-state index >= 15 is 0 Å². The van der Waals surface area contributed by atoms with E-state index in [0.717, 1.165) is 28.0 Å². The number of pyridine rings is 1. The Morgan fingerprint density at radius 1 is 1.00 bits per heavy atom. The Bertz CT molecular complexity index is 1030. The van der Waals surface area contributed by atoms with Crippen molar-refractivity contribution >= 4 is 17.4 Å². The van der Waals surface area contributed by atoms with Crippen molar-refractivity contribution < 1.29 is 0 Å². The highest BCUT2D eigenvalue weighted by Gasteiger charge is 2.23. The van der Waals surface area contributed by atoms with Gasteiger partial charge >= 0.3 is 0 Å². The maximum Gasteiger partial charge on any atom is 0.139 e. The summed E-state index contributed by atoms with van der Waals surface area (Å²) in [7, 11) is 0. The summed E-state index contributed by atoms with van der Waals surface area (Å²) in [5.41, 5.74) is 4.70. The predicted octanol–water partition coefficient (Wildman–Crippen LogP) is 5.17. The van der Waals surface area contributed by atoms with Crippen LogP contribution in [0, 0.1) is 0 Å². The third kappa shape index (κ3) is 4.44. The highest BCUT2D eigenvalue weighted by Crippen LogP contribution is 2.39. The predicted molar refractivity (Wildman–Crippen MR) is 114 cm³/mol. The summed E-state index contributed by atoms with van der Waals surface area (Å²) in [6.07, 6.45) is 8.93. The monoisotopic (exact) mass is 391 g/mol. The van der Waals surface area contributed by atoms with Crippen LogP contribution in [0.1, 0.15) is 49.4 Å². The minimum absolute atomic E-state index is 0.638. The number of aromatic nitrogens is 5. The lowest BCUT2D eigenvalue weighted by molar-refractivity contribution is 0.640. The summed E-state index contributed by atoms with van der Waals surface area (Å²) < 4.78 is 3.99. The number of nitrogens with zero attached hydrogens (tertiary/aromatic N) is 5. The van der Waals surface area contributed by atoms with Gasteiger partial charge in [0.05, 0.1) is 18.4 Å². The van der Waals surface area contributed by atoms with Crippen molar-refractivity contribution in [2.24, 2.45) is 0 Å². The second-order valence-electron chi connectivity index (χ2n) is 6.76. The molecule has 0 unspecified atom stereocenters. The lowest BCUT2D eigenvalue weighted by Gasteiger charge is -1.98. The maximum atomic E-state index is 4.70. The third-order valence-electron chi connectivity index (χ3n) is 4.64. The lowest BCUT2D eigenvalue weighted by atomic mass is 10.2. The van der Waals surface area contributed by atoms with Crippen molar-refractivity contribution in [3.8, 4) is 0 Å². The third-order valence-corrected chi connectivity index (χ3v) is 5.60. The van der Waals surface area contributed by atoms with Gasteiger partial charge < -0.3 is 4.40 Å². The summed E-state index contributed by atoms with van der Waals surface area (Å²) in [6.45, 7) is 4.64. The van der Waals surface area contributed by atoms with Gasteiger partial charge in [-0.15, -0.1) is 5.10 Å². The molecule has 28 heavy (non-hydrogen) atoms. The summed E-state index contributed by atoms with van der Waals surface area (Å²) in [6, 6.07) is 14.7. The first-order chi connectivity index (χ1) is 13.8. The molecule has 1 aliphatic carbocycles. The van der Waals surface area contributed by atoms with Crippen LogP contribution in [0.2, 0.25) is 0 Å². The lowest BCUT2D eigenvalue weighted by Crippen LogP contribution is -2.00. The molecule has 0 aliphatic heterocycles. The summed E-state index contributed by atoms with van der Waals surface area (Å²) >= 11 is 1.70. The fourth-order valence-electron chi connectivity index (χ4n) is 3.12. The van der Waals surface area contributed by atoms with E-state index in [4.69, 9.17) is 4.98 Å². The fourth-order valence-corrected chi connectivity index (χ4v) is 3.91. The average Bonchev–Trinajstić information content (AvgIpc) is 3.37. The smallest absolute Gasteiger partial charge is 0.139 e. The zero-order valence-corrected chi connectivity index (χ0v) is 17.1. The number of hydrogen-bond acceptors (Lipinski definition) is 4. The van der Waals surface area contributed by atoms with Crippen LogP contribution in [-0.2, 0) is 12.3 Å². The van der Waals surface area contributed by atoms with E-state index in [9.17, 15) is 0 Å². The molecule has 144 valence electrons. The van der Waals surface area contributed by atoms with Gasteiger partial charge in [-0.1, -0.05) is 67.2 Å². The van der Waals surface area contributed by atoms with Crippen molar-refractivity contribution in [1.29, 1.82) is 0 Å². The molecule has 0 spiro atoms. The van der Waals surface area contributed by atoms with E-state index in [1.165, 1.54) is 24.0 Å². The van der Waals surface area contributed by atoms with Crippen molar-refractivity contribution in [2.45, 2.75) is 49.9 Å². The van der Waals surface area contributed by atoms with Gasteiger partial charge in [0.25, 0.3) is 0 Å². The van der Waals surface area contributed by atoms with Crippen LogP contribution < -0.4 is 0 Å². The van der Waals surface area contributed by atoms with Crippen LogP contribution >= 0.6 is 11.8 Å². The van der Waals surface area contributed by atoms with E-state index in [-0.39, 0.29) is 0 Å². The normalized spacial score (nSPS) is 13.4. The van der Waals surface area contributed by atoms with Crippen LogP contribution in [0.4, 0.5) is 0 Å². The second-order valence-corrected chi connectivity index (χ2v) is 7.76. The molecule has 0 N–H and O–H groups in total. The zero-order valence-electron chi connectivity index (χ0n) is 16.3. The molecule has 0 atom stereocenters. The van der Waals surface area contributed by atoms with Crippen molar-refractivity contribution in [1.82, 2.24) is 24.4 Å². The van der Waals surface area contributed by atoms with Crippen LogP contribution in [0.15, 0.2) is 66.1 Å². The molecule has 0 saturated heterocycles. The standard InChI is InChI=1S/C20H19N5S.C2H6/c1-2-4-15(5-3-1)14-26-20-13-25(23-22-20)12-18-11-24-10-17(16-6-7-16)8-9-19(24)21-18;1-2/h1-5,8-11,13,16H,6-7,12,14H2;1-2H3. The maximum absolute atomic E-state index is 4.70. The number of fused-ring (bicyclic) bond motifs is 1. The Labute approximate surface area is 169 Å². The minimum atomic E-state index is 0.638. The van der Waals surface area contributed by atoms with E-state index in [1.807, 2.05) is 30.8 Å². The van der Waals surface area contributed by atoms with Crippen LogP contribution in [-0.4, -0.2) is 24.4 Å². The first-order valence-corrected chi connectivity index (χ1v) is 10.9. The Kier molecular flexibility index (Phi) is 5.76. The molecule has 0 bridgehead atoms. The van der Waals surface area contributed by atoms with Crippen molar-refractivity contribution in [3.05, 3.63) is 77.9 Å². The first kappa shape index (κ1) is 18.7. The second kappa shape index (κ2) is 8.61. The van der Waals surface area contributed by atoms with Gasteiger partial charge in [0.1, 0.15) is 10.7 Å². The van der Waals surface area contributed by atoms with E-state index in [1.54, 1.807) is 11.8 Å². The molecule has 3 aromatic heterocycles. The Hall–Kier alpha value is -2.60. The van der Waals surface area contributed by atoms with Gasteiger partial charge in [-0.3, -0.25) is 0 Å². The van der Waals surface area contributed by atoms with Crippen molar-refractivity contribution in [2.75, 3.05) is 0 Å². The minimum Gasteiger partial charge on any atom is -0.306 e. The number of hydrogen-bond donors (Lipinski definition) is 0. The van der Waals surface area contributed by atoms with E-state index in [2.05, 4.69) is 63.5 Å². The molecular weight excluding hydrogens is 366 g/mol. The fraction of sp³-hybridized carbons (Fsp3) is 0.318. The van der Waals surface area contributed by atoms with Crippen molar-refractivity contribution in [3.63, 3.8) is 0 Å². The molecule has 0 radical (unpaired) electrons. The van der Waals surface area contributed by atoms with E-state index < -0.39 is 0 Å². The quantitative estimate of drug-likeness (QED) is 0.426. The Morgan fingerprint density at radius 2 is 1.82 bits per heavy atom. The van der Waals surface area contributed by atoms with Crippen LogP contribution in [0.3, 0.4) is 0 Å². The molecule has 1 aromatic carbocycles. The number of rotatable bonds is 6. The molecule has 3 heterocycles. The topological polar surface area (TPSA) is 48.0 Å². The Balaban J connectivity index is 0.000000932. The summed E-state index contributed by atoms with van der Waals surface area (Å²) in [4.78, 5) is 4.70. The van der Waals surface area contributed by atoms with Gasteiger partial charge in [-0.05, 0) is 36.0 Å². The molecule has 6 heteroatoms. The number of benzene rings is 1. The van der Waals surface area contributed by atoms with Crippen LogP contribution in [0.5, 0.6) is 0 Å². The largest absolute Gasteiger partial charge is 0.306 e. The van der Waals surface area contributed by atoms with E-state index in [0.29, 0.717) is 6.54 Å². The molecule has 0 amide bonds. The molecule has 1 aliphatic rings. The van der Waals surface area contributed by atoms with Gasteiger partial charge in [-0.2, -0.15) is 0 Å². The zero-order chi connectivity index (χ0) is 19.3. The SMILES string of the molecule is CC.c1ccc(CSc2cn(Cc3cn4cc(C5CC5)ccc4n3)nn2)cc1. The number of imidazole rings is 1. The van der Waals surface area contributed by atoms with Gasteiger partial charge in [0, 0.05) is 18.1 Å². The summed E-state index contributed by atoms with van der Waals surface area (Å²) in [5, 5.41) is 9.45. The Morgan fingerprint density at radius 3 is 2.61 bits per heavy atom. The molecular formula is C22H25N5S. The average molecular weight is 392 g/mol.